The number of ether oxygens (including phenoxy) is 2. The Morgan fingerprint density at radius 1 is 1.25 bits per heavy atom. The molecule has 0 bridgehead atoms. The van der Waals surface area contributed by atoms with E-state index in [2.05, 4.69) is 39.0 Å². The fraction of sp³-hybridized carbons (Fsp3) is 0.769. The van der Waals surface area contributed by atoms with Gasteiger partial charge < -0.3 is 19.7 Å². The van der Waals surface area contributed by atoms with Gasteiger partial charge in [0.25, 0.3) is 0 Å². The molecule has 1 N–H and O–H groups in total. The number of hydrogen-bond donors (Lipinski definition) is 1. The maximum atomic E-state index is 5.63. The first kappa shape index (κ1) is 14.8. The highest BCUT2D eigenvalue weighted by molar-refractivity contribution is 5.38. The van der Waals surface area contributed by atoms with E-state index in [1.165, 1.54) is 0 Å². The van der Waals surface area contributed by atoms with Crippen molar-refractivity contribution in [2.24, 2.45) is 5.92 Å². The van der Waals surface area contributed by atoms with Crippen LogP contribution in [-0.2, 0) is 4.74 Å². The molecular formula is C13H23N5O2. The standard InChI is InChI=1S/C13H23N5O2/c1-4-14-11-15-12(18-5-7-19-8-6-18)17-13(16-11)20-9-10(2)3/h10H,4-9H2,1-3H3,(H,14,15,16,17). The molecule has 112 valence electrons. The van der Waals surface area contributed by atoms with Gasteiger partial charge in [0, 0.05) is 19.6 Å². The van der Waals surface area contributed by atoms with Crippen molar-refractivity contribution in [1.29, 1.82) is 0 Å². The number of rotatable bonds is 6. The molecule has 0 aliphatic carbocycles. The molecule has 2 rings (SSSR count). The van der Waals surface area contributed by atoms with Crippen LogP contribution in [0.5, 0.6) is 6.01 Å². The summed E-state index contributed by atoms with van der Waals surface area (Å²) in [7, 11) is 0. The summed E-state index contributed by atoms with van der Waals surface area (Å²) in [5.41, 5.74) is 0. The van der Waals surface area contributed by atoms with Crippen molar-refractivity contribution in [2.45, 2.75) is 20.8 Å². The van der Waals surface area contributed by atoms with E-state index < -0.39 is 0 Å². The van der Waals surface area contributed by atoms with Crippen LogP contribution in [0.1, 0.15) is 20.8 Å². The zero-order chi connectivity index (χ0) is 14.4. The minimum atomic E-state index is 0.381. The van der Waals surface area contributed by atoms with Gasteiger partial charge in [-0.25, -0.2) is 0 Å². The quantitative estimate of drug-likeness (QED) is 0.839. The lowest BCUT2D eigenvalue weighted by atomic mass is 10.2. The molecule has 7 nitrogen and oxygen atoms in total. The fourth-order valence-corrected chi connectivity index (χ4v) is 1.79. The molecule has 0 spiro atoms. The second-order valence-corrected chi connectivity index (χ2v) is 5.08. The van der Waals surface area contributed by atoms with Crippen LogP contribution in [-0.4, -0.2) is 54.4 Å². The third-order valence-corrected chi connectivity index (χ3v) is 2.78. The molecule has 1 saturated heterocycles. The number of anilines is 2. The van der Waals surface area contributed by atoms with Crippen molar-refractivity contribution in [3.05, 3.63) is 0 Å². The molecule has 1 fully saturated rings. The topological polar surface area (TPSA) is 72.4 Å². The first-order chi connectivity index (χ1) is 9.69. The molecule has 20 heavy (non-hydrogen) atoms. The molecule has 0 unspecified atom stereocenters. The van der Waals surface area contributed by atoms with Crippen LogP contribution in [0.4, 0.5) is 11.9 Å². The molecule has 1 aliphatic rings. The van der Waals surface area contributed by atoms with Gasteiger partial charge in [-0.15, -0.1) is 0 Å². The summed E-state index contributed by atoms with van der Waals surface area (Å²) in [5, 5.41) is 3.11. The summed E-state index contributed by atoms with van der Waals surface area (Å²) in [6.07, 6.45) is 0. The third-order valence-electron chi connectivity index (χ3n) is 2.78. The average Bonchev–Trinajstić information content (AvgIpc) is 2.46. The second-order valence-electron chi connectivity index (χ2n) is 5.08. The lowest BCUT2D eigenvalue weighted by Gasteiger charge is -2.27. The van der Waals surface area contributed by atoms with E-state index in [4.69, 9.17) is 9.47 Å². The van der Waals surface area contributed by atoms with E-state index in [9.17, 15) is 0 Å². The van der Waals surface area contributed by atoms with E-state index in [0.29, 0.717) is 43.6 Å². The van der Waals surface area contributed by atoms with E-state index in [0.717, 1.165) is 19.6 Å². The molecule has 1 aromatic rings. The van der Waals surface area contributed by atoms with Crippen LogP contribution in [0.2, 0.25) is 0 Å². The lowest BCUT2D eigenvalue weighted by Crippen LogP contribution is -2.37. The van der Waals surface area contributed by atoms with Gasteiger partial charge in [0.2, 0.25) is 11.9 Å². The Labute approximate surface area is 119 Å². The van der Waals surface area contributed by atoms with Crippen molar-refractivity contribution in [1.82, 2.24) is 15.0 Å². The molecule has 0 amide bonds. The van der Waals surface area contributed by atoms with E-state index in [1.54, 1.807) is 0 Å². The summed E-state index contributed by atoms with van der Waals surface area (Å²) >= 11 is 0. The maximum Gasteiger partial charge on any atom is 0.323 e. The molecule has 0 atom stereocenters. The van der Waals surface area contributed by atoms with E-state index >= 15 is 0 Å². The number of nitrogens with zero attached hydrogens (tertiary/aromatic N) is 4. The Balaban J connectivity index is 2.15. The predicted octanol–water partition coefficient (Wildman–Crippen LogP) is 1.17. The minimum Gasteiger partial charge on any atom is -0.463 e. The van der Waals surface area contributed by atoms with Crippen LogP contribution in [0.15, 0.2) is 0 Å². The molecule has 1 aliphatic heterocycles. The summed E-state index contributed by atoms with van der Waals surface area (Å²) < 4.78 is 11.0. The van der Waals surface area contributed by atoms with Gasteiger partial charge in [-0.2, -0.15) is 15.0 Å². The number of aromatic nitrogens is 3. The molecule has 7 heteroatoms. The predicted molar refractivity (Wildman–Crippen MR) is 77.4 cm³/mol. The molecule has 1 aromatic heterocycles. The molecule has 2 heterocycles. The third kappa shape index (κ3) is 4.19. The number of nitrogens with one attached hydrogen (secondary N) is 1. The zero-order valence-electron chi connectivity index (χ0n) is 12.4. The van der Waals surface area contributed by atoms with Crippen LogP contribution in [0.3, 0.4) is 0 Å². The Morgan fingerprint density at radius 2 is 2.00 bits per heavy atom. The second kappa shape index (κ2) is 7.23. The van der Waals surface area contributed by atoms with Gasteiger partial charge in [0.1, 0.15) is 0 Å². The van der Waals surface area contributed by atoms with Crippen LogP contribution in [0.25, 0.3) is 0 Å². The van der Waals surface area contributed by atoms with Gasteiger partial charge in [-0.1, -0.05) is 13.8 Å². The fourth-order valence-electron chi connectivity index (χ4n) is 1.79. The molecular weight excluding hydrogens is 258 g/mol. The monoisotopic (exact) mass is 281 g/mol. The normalized spacial score (nSPS) is 15.5. The highest BCUT2D eigenvalue weighted by Gasteiger charge is 2.17. The minimum absolute atomic E-state index is 0.381. The van der Waals surface area contributed by atoms with Crippen LogP contribution in [0, 0.1) is 5.92 Å². The highest BCUT2D eigenvalue weighted by Crippen LogP contribution is 2.16. The Kier molecular flexibility index (Phi) is 5.34. The average molecular weight is 281 g/mol. The highest BCUT2D eigenvalue weighted by atomic mass is 16.5. The Hall–Kier alpha value is -1.63. The zero-order valence-corrected chi connectivity index (χ0v) is 12.4. The SMILES string of the molecule is CCNc1nc(OCC(C)C)nc(N2CCOCC2)n1. The van der Waals surface area contributed by atoms with Crippen molar-refractivity contribution in [3.63, 3.8) is 0 Å². The van der Waals surface area contributed by atoms with E-state index in [-0.39, 0.29) is 0 Å². The van der Waals surface area contributed by atoms with Crippen LogP contribution >= 0.6 is 0 Å². The number of hydrogen-bond acceptors (Lipinski definition) is 7. The van der Waals surface area contributed by atoms with Crippen LogP contribution < -0.4 is 15.0 Å². The summed E-state index contributed by atoms with van der Waals surface area (Å²) in [6, 6.07) is 0.381. The van der Waals surface area contributed by atoms with Gasteiger partial charge in [-0.3, -0.25) is 0 Å². The Morgan fingerprint density at radius 3 is 2.65 bits per heavy atom. The molecule has 0 aromatic carbocycles. The van der Waals surface area contributed by atoms with E-state index in [1.807, 2.05) is 6.92 Å². The smallest absolute Gasteiger partial charge is 0.323 e. The summed E-state index contributed by atoms with van der Waals surface area (Å²) in [6.45, 7) is 10.5. The lowest BCUT2D eigenvalue weighted by molar-refractivity contribution is 0.122. The summed E-state index contributed by atoms with van der Waals surface area (Å²) in [4.78, 5) is 15.2. The maximum absolute atomic E-state index is 5.63. The van der Waals surface area contributed by atoms with Gasteiger partial charge in [-0.05, 0) is 12.8 Å². The van der Waals surface area contributed by atoms with Gasteiger partial charge in [0.05, 0.1) is 19.8 Å². The van der Waals surface area contributed by atoms with Gasteiger partial charge >= 0.3 is 6.01 Å². The molecule has 0 radical (unpaired) electrons. The Bertz CT molecular complexity index is 421. The first-order valence-corrected chi connectivity index (χ1v) is 7.14. The first-order valence-electron chi connectivity index (χ1n) is 7.14. The van der Waals surface area contributed by atoms with Crippen molar-refractivity contribution in [2.75, 3.05) is 49.7 Å². The number of morpholine rings is 1. The van der Waals surface area contributed by atoms with Crippen molar-refractivity contribution in [3.8, 4) is 6.01 Å². The van der Waals surface area contributed by atoms with Gasteiger partial charge in [0.15, 0.2) is 0 Å². The van der Waals surface area contributed by atoms with Crippen molar-refractivity contribution >= 4 is 11.9 Å². The van der Waals surface area contributed by atoms with Crippen molar-refractivity contribution < 1.29 is 9.47 Å². The largest absolute Gasteiger partial charge is 0.463 e. The summed E-state index contributed by atoms with van der Waals surface area (Å²) in [5.74, 6) is 1.64. The molecule has 0 saturated carbocycles.